The zero-order valence-electron chi connectivity index (χ0n) is 13.1. The Balaban J connectivity index is 2.00. The van der Waals surface area contributed by atoms with E-state index in [0.29, 0.717) is 27.6 Å². The van der Waals surface area contributed by atoms with E-state index in [4.69, 9.17) is 25.8 Å². The van der Waals surface area contributed by atoms with Crippen molar-refractivity contribution in [2.24, 2.45) is 4.99 Å². The summed E-state index contributed by atoms with van der Waals surface area (Å²) in [6.07, 6.45) is 1.60. The van der Waals surface area contributed by atoms with E-state index < -0.39 is 5.97 Å². The van der Waals surface area contributed by atoms with Gasteiger partial charge in [0.1, 0.15) is 11.5 Å². The third-order valence-corrected chi connectivity index (χ3v) is 3.66. The first-order valence-electron chi connectivity index (χ1n) is 7.11. The maximum absolute atomic E-state index is 12.1. The highest BCUT2D eigenvalue weighted by molar-refractivity contribution is 6.31. The second kappa shape index (κ2) is 6.76. The van der Waals surface area contributed by atoms with Crippen molar-refractivity contribution in [1.29, 1.82) is 0 Å². The zero-order valence-corrected chi connectivity index (χ0v) is 13.8. The van der Waals surface area contributed by atoms with Gasteiger partial charge in [0.25, 0.3) is 0 Å². The Morgan fingerprint density at radius 1 is 1.12 bits per heavy atom. The number of hydrogen-bond donors (Lipinski definition) is 0. The number of halogens is 1. The predicted octanol–water partition coefficient (Wildman–Crippen LogP) is 3.70. The number of benzene rings is 2. The fourth-order valence-electron chi connectivity index (χ4n) is 2.25. The normalized spacial score (nSPS) is 15.2. The first-order valence-corrected chi connectivity index (χ1v) is 7.49. The molecule has 0 bridgehead atoms. The molecule has 0 aliphatic carbocycles. The van der Waals surface area contributed by atoms with E-state index in [1.54, 1.807) is 62.8 Å². The van der Waals surface area contributed by atoms with Gasteiger partial charge >= 0.3 is 5.97 Å². The number of ether oxygens (including phenoxy) is 3. The maximum atomic E-state index is 12.1. The van der Waals surface area contributed by atoms with Crippen molar-refractivity contribution in [1.82, 2.24) is 0 Å². The lowest BCUT2D eigenvalue weighted by Crippen LogP contribution is -2.05. The molecule has 5 nitrogen and oxygen atoms in total. The Morgan fingerprint density at radius 2 is 1.96 bits per heavy atom. The van der Waals surface area contributed by atoms with Crippen LogP contribution in [0.3, 0.4) is 0 Å². The maximum Gasteiger partial charge on any atom is 0.363 e. The Bertz CT molecular complexity index is 858. The van der Waals surface area contributed by atoms with Crippen LogP contribution in [0.1, 0.15) is 11.1 Å². The number of carbonyl (C=O) groups excluding carboxylic acids is 1. The Morgan fingerprint density at radius 3 is 2.67 bits per heavy atom. The quantitative estimate of drug-likeness (QED) is 0.627. The number of esters is 1. The fourth-order valence-corrected chi connectivity index (χ4v) is 2.44. The van der Waals surface area contributed by atoms with Gasteiger partial charge in [-0.15, -0.1) is 0 Å². The lowest BCUT2D eigenvalue weighted by molar-refractivity contribution is -0.129. The van der Waals surface area contributed by atoms with Crippen molar-refractivity contribution in [3.05, 3.63) is 64.3 Å². The van der Waals surface area contributed by atoms with E-state index in [-0.39, 0.29) is 11.6 Å². The first kappa shape index (κ1) is 16.1. The van der Waals surface area contributed by atoms with Crippen LogP contribution in [0.15, 0.2) is 53.2 Å². The minimum Gasteiger partial charge on any atom is -0.497 e. The molecular formula is C18H14ClNO4. The second-order valence-corrected chi connectivity index (χ2v) is 5.39. The highest BCUT2D eigenvalue weighted by Crippen LogP contribution is 2.28. The van der Waals surface area contributed by atoms with Crippen molar-refractivity contribution >= 4 is 29.5 Å². The minimum atomic E-state index is -0.533. The van der Waals surface area contributed by atoms with E-state index >= 15 is 0 Å². The molecule has 0 saturated carbocycles. The first-order chi connectivity index (χ1) is 11.6. The van der Waals surface area contributed by atoms with Gasteiger partial charge < -0.3 is 14.2 Å². The van der Waals surface area contributed by atoms with Gasteiger partial charge in [0.15, 0.2) is 5.70 Å². The zero-order chi connectivity index (χ0) is 17.1. The van der Waals surface area contributed by atoms with Crippen LogP contribution in [0.4, 0.5) is 0 Å². The van der Waals surface area contributed by atoms with Crippen molar-refractivity contribution < 1.29 is 19.0 Å². The predicted molar refractivity (Wildman–Crippen MR) is 91.6 cm³/mol. The third-order valence-electron chi connectivity index (χ3n) is 3.42. The number of methoxy groups -OCH3 is 2. The summed E-state index contributed by atoms with van der Waals surface area (Å²) in [6.45, 7) is 0. The molecule has 122 valence electrons. The van der Waals surface area contributed by atoms with Crippen LogP contribution < -0.4 is 9.47 Å². The number of carbonyl (C=O) groups is 1. The molecule has 0 aromatic heterocycles. The fraction of sp³-hybridized carbons (Fsp3) is 0.111. The number of aliphatic imine (C=N–C) groups is 1. The van der Waals surface area contributed by atoms with Crippen molar-refractivity contribution in [2.45, 2.75) is 0 Å². The molecule has 0 amide bonds. The highest BCUT2D eigenvalue weighted by atomic mass is 35.5. The van der Waals surface area contributed by atoms with Crippen LogP contribution in [0.25, 0.3) is 6.08 Å². The molecule has 0 unspecified atom stereocenters. The number of rotatable bonds is 4. The molecule has 0 radical (unpaired) electrons. The monoisotopic (exact) mass is 343 g/mol. The summed E-state index contributed by atoms with van der Waals surface area (Å²) in [5.41, 5.74) is 1.48. The molecule has 0 spiro atoms. The average Bonchev–Trinajstić information content (AvgIpc) is 2.95. The van der Waals surface area contributed by atoms with Crippen LogP contribution in [0.5, 0.6) is 11.5 Å². The summed E-state index contributed by atoms with van der Waals surface area (Å²) in [5.74, 6) is 0.932. The highest BCUT2D eigenvalue weighted by Gasteiger charge is 2.24. The van der Waals surface area contributed by atoms with Crippen LogP contribution in [0.2, 0.25) is 5.02 Å². The Kier molecular flexibility index (Phi) is 4.53. The smallest absolute Gasteiger partial charge is 0.363 e. The van der Waals surface area contributed by atoms with E-state index in [1.807, 2.05) is 0 Å². The van der Waals surface area contributed by atoms with E-state index in [0.717, 1.165) is 0 Å². The lowest BCUT2D eigenvalue weighted by Gasteiger charge is -2.07. The van der Waals surface area contributed by atoms with Crippen molar-refractivity contribution in [3.63, 3.8) is 0 Å². The molecule has 0 atom stereocenters. The average molecular weight is 344 g/mol. The molecule has 0 fully saturated rings. The summed E-state index contributed by atoms with van der Waals surface area (Å²) in [6, 6.07) is 12.2. The number of nitrogens with zero attached hydrogens (tertiary/aromatic N) is 1. The number of hydrogen-bond acceptors (Lipinski definition) is 5. The molecule has 1 aliphatic heterocycles. The van der Waals surface area contributed by atoms with Crippen molar-refractivity contribution in [2.75, 3.05) is 14.2 Å². The molecule has 1 heterocycles. The Labute approximate surface area is 144 Å². The van der Waals surface area contributed by atoms with Gasteiger partial charge in [0.2, 0.25) is 5.90 Å². The van der Waals surface area contributed by atoms with Gasteiger partial charge in [-0.1, -0.05) is 17.7 Å². The molecule has 2 aromatic rings. The molecule has 24 heavy (non-hydrogen) atoms. The van der Waals surface area contributed by atoms with Crippen LogP contribution in [-0.4, -0.2) is 26.1 Å². The molecule has 6 heteroatoms. The molecule has 0 N–H and O–H groups in total. The van der Waals surface area contributed by atoms with Crippen LogP contribution in [0, 0.1) is 0 Å². The van der Waals surface area contributed by atoms with Crippen LogP contribution in [-0.2, 0) is 9.53 Å². The van der Waals surface area contributed by atoms with Gasteiger partial charge in [-0.3, -0.25) is 0 Å². The molecule has 3 rings (SSSR count). The SMILES string of the molecule is COc1ccc(OC)c(/C=C2/N=C(c3cccc(Cl)c3)OC2=O)c1. The van der Waals surface area contributed by atoms with Gasteiger partial charge in [-0.05, 0) is 42.5 Å². The summed E-state index contributed by atoms with van der Waals surface area (Å²) in [5, 5.41) is 0.540. The standard InChI is InChI=1S/C18H14ClNO4/c1-22-14-6-7-16(23-2)12(9-14)10-15-18(21)24-17(20-15)11-4-3-5-13(19)8-11/h3-10H,1-2H3/b15-10+. The topological polar surface area (TPSA) is 57.1 Å². The van der Waals surface area contributed by atoms with E-state index in [2.05, 4.69) is 4.99 Å². The second-order valence-electron chi connectivity index (χ2n) is 4.95. The Hall–Kier alpha value is -2.79. The van der Waals surface area contributed by atoms with E-state index in [9.17, 15) is 4.79 Å². The number of cyclic esters (lactones) is 1. The van der Waals surface area contributed by atoms with Crippen LogP contribution >= 0.6 is 11.6 Å². The molecule has 0 saturated heterocycles. The largest absolute Gasteiger partial charge is 0.497 e. The molecule has 1 aliphatic rings. The minimum absolute atomic E-state index is 0.177. The van der Waals surface area contributed by atoms with Gasteiger partial charge in [-0.2, -0.15) is 0 Å². The third kappa shape index (κ3) is 3.26. The van der Waals surface area contributed by atoms with Gasteiger partial charge in [0.05, 0.1) is 14.2 Å². The van der Waals surface area contributed by atoms with Gasteiger partial charge in [0, 0.05) is 16.1 Å². The summed E-state index contributed by atoms with van der Waals surface area (Å²) < 4.78 is 15.7. The summed E-state index contributed by atoms with van der Waals surface area (Å²) >= 11 is 5.96. The van der Waals surface area contributed by atoms with Gasteiger partial charge in [-0.25, -0.2) is 9.79 Å². The van der Waals surface area contributed by atoms with Crippen molar-refractivity contribution in [3.8, 4) is 11.5 Å². The summed E-state index contributed by atoms with van der Waals surface area (Å²) in [7, 11) is 3.12. The molecular weight excluding hydrogens is 330 g/mol. The van der Waals surface area contributed by atoms with E-state index in [1.165, 1.54) is 0 Å². The summed E-state index contributed by atoms with van der Waals surface area (Å²) in [4.78, 5) is 16.3. The lowest BCUT2D eigenvalue weighted by atomic mass is 10.1. The molecule has 2 aromatic carbocycles.